The fraction of sp³-hybridized carbons (Fsp3) is 0.350. The van der Waals surface area contributed by atoms with Crippen LogP contribution >= 0.6 is 11.6 Å². The molecule has 0 saturated heterocycles. The summed E-state index contributed by atoms with van der Waals surface area (Å²) < 4.78 is 10.5. The van der Waals surface area contributed by atoms with Gasteiger partial charge < -0.3 is 20.1 Å². The lowest BCUT2D eigenvalue weighted by molar-refractivity contribution is 0.230. The number of carbonyl (C=O) groups is 1. The standard InChI is InChI=1S/C20H25ClN2O3/c1-20(2,15-6-8-16(21)9-7-15)23-19(24)22-12-11-14-5-10-17(25-3)18(13-14)26-4/h5-10,13H,11-12H2,1-4H3,(H2,22,23,24). The minimum Gasteiger partial charge on any atom is -0.493 e. The van der Waals surface area contributed by atoms with E-state index in [1.165, 1.54) is 0 Å². The van der Waals surface area contributed by atoms with Crippen molar-refractivity contribution in [3.05, 3.63) is 58.6 Å². The van der Waals surface area contributed by atoms with E-state index in [-0.39, 0.29) is 6.03 Å². The monoisotopic (exact) mass is 376 g/mol. The molecule has 0 spiro atoms. The lowest BCUT2D eigenvalue weighted by Crippen LogP contribution is -2.46. The van der Waals surface area contributed by atoms with Crippen molar-refractivity contribution in [1.82, 2.24) is 10.6 Å². The van der Waals surface area contributed by atoms with Crippen LogP contribution in [0.15, 0.2) is 42.5 Å². The van der Waals surface area contributed by atoms with Gasteiger partial charge in [0.2, 0.25) is 0 Å². The van der Waals surface area contributed by atoms with Crippen LogP contribution in [-0.4, -0.2) is 26.8 Å². The Morgan fingerprint density at radius 3 is 2.31 bits per heavy atom. The number of amides is 2. The van der Waals surface area contributed by atoms with E-state index in [4.69, 9.17) is 21.1 Å². The van der Waals surface area contributed by atoms with Crippen LogP contribution < -0.4 is 20.1 Å². The second kappa shape index (κ2) is 8.81. The zero-order valence-electron chi connectivity index (χ0n) is 15.6. The van der Waals surface area contributed by atoms with Gasteiger partial charge >= 0.3 is 6.03 Å². The number of methoxy groups -OCH3 is 2. The van der Waals surface area contributed by atoms with Crippen molar-refractivity contribution >= 4 is 17.6 Å². The molecule has 140 valence electrons. The molecule has 2 aromatic rings. The lowest BCUT2D eigenvalue weighted by atomic mass is 9.94. The Morgan fingerprint density at radius 2 is 1.69 bits per heavy atom. The highest BCUT2D eigenvalue weighted by Gasteiger charge is 2.22. The summed E-state index contributed by atoms with van der Waals surface area (Å²) in [6, 6.07) is 13.0. The summed E-state index contributed by atoms with van der Waals surface area (Å²) in [5, 5.41) is 6.54. The fourth-order valence-corrected chi connectivity index (χ4v) is 2.75. The SMILES string of the molecule is COc1ccc(CCNC(=O)NC(C)(C)c2ccc(Cl)cc2)cc1OC. The number of benzene rings is 2. The van der Waals surface area contributed by atoms with E-state index < -0.39 is 5.54 Å². The Bertz CT molecular complexity index is 745. The minimum absolute atomic E-state index is 0.217. The number of nitrogens with one attached hydrogen (secondary N) is 2. The second-order valence-corrected chi connectivity index (χ2v) is 6.89. The van der Waals surface area contributed by atoms with Crippen molar-refractivity contribution in [3.63, 3.8) is 0 Å². The van der Waals surface area contributed by atoms with Crippen LogP contribution in [0.2, 0.25) is 5.02 Å². The molecule has 0 atom stereocenters. The molecular formula is C20H25ClN2O3. The van der Waals surface area contributed by atoms with Crippen LogP contribution in [0.25, 0.3) is 0 Å². The quantitative estimate of drug-likeness (QED) is 0.763. The van der Waals surface area contributed by atoms with Crippen molar-refractivity contribution in [2.45, 2.75) is 25.8 Å². The Labute approximate surface area is 159 Å². The molecule has 2 amide bonds. The molecule has 2 N–H and O–H groups in total. The van der Waals surface area contributed by atoms with E-state index in [0.717, 1.165) is 11.1 Å². The van der Waals surface area contributed by atoms with E-state index in [1.807, 2.05) is 56.3 Å². The maximum Gasteiger partial charge on any atom is 0.315 e. The lowest BCUT2D eigenvalue weighted by Gasteiger charge is -2.27. The van der Waals surface area contributed by atoms with E-state index in [1.54, 1.807) is 14.2 Å². The molecule has 0 unspecified atom stereocenters. The first kappa shape index (κ1) is 19.9. The third kappa shape index (κ3) is 5.30. The molecule has 0 saturated carbocycles. The summed E-state index contributed by atoms with van der Waals surface area (Å²) >= 11 is 5.92. The number of carbonyl (C=O) groups excluding carboxylic acids is 1. The van der Waals surface area contributed by atoms with E-state index in [0.29, 0.717) is 29.5 Å². The molecule has 5 nitrogen and oxygen atoms in total. The summed E-state index contributed by atoms with van der Waals surface area (Å²) in [5.41, 5.74) is 1.54. The first-order valence-corrected chi connectivity index (χ1v) is 8.76. The second-order valence-electron chi connectivity index (χ2n) is 6.45. The summed E-state index contributed by atoms with van der Waals surface area (Å²) in [4.78, 5) is 12.2. The average molecular weight is 377 g/mol. The van der Waals surface area contributed by atoms with E-state index >= 15 is 0 Å². The van der Waals surface area contributed by atoms with Gasteiger partial charge in [0.15, 0.2) is 11.5 Å². The summed E-state index contributed by atoms with van der Waals surface area (Å²) in [6.45, 7) is 4.41. The van der Waals surface area contributed by atoms with Gasteiger partial charge in [-0.1, -0.05) is 29.8 Å². The number of hydrogen-bond acceptors (Lipinski definition) is 3. The molecule has 2 rings (SSSR count). The van der Waals surface area contributed by atoms with Crippen LogP contribution in [0.1, 0.15) is 25.0 Å². The van der Waals surface area contributed by atoms with Gasteiger partial charge in [-0.15, -0.1) is 0 Å². The van der Waals surface area contributed by atoms with Crippen LogP contribution in [-0.2, 0) is 12.0 Å². The molecule has 0 bridgehead atoms. The number of rotatable bonds is 7. The normalized spacial score (nSPS) is 11.0. The van der Waals surface area contributed by atoms with Gasteiger partial charge in [0.25, 0.3) is 0 Å². The Hall–Kier alpha value is -2.40. The Balaban J connectivity index is 1.87. The highest BCUT2D eigenvalue weighted by atomic mass is 35.5. The van der Waals surface area contributed by atoms with Gasteiger partial charge in [-0.3, -0.25) is 0 Å². The van der Waals surface area contributed by atoms with Crippen molar-refractivity contribution in [2.24, 2.45) is 0 Å². The maximum atomic E-state index is 12.2. The van der Waals surface area contributed by atoms with Gasteiger partial charge in [0.05, 0.1) is 19.8 Å². The molecule has 0 aliphatic rings. The number of ether oxygens (including phenoxy) is 2. The molecule has 0 aromatic heterocycles. The van der Waals surface area contributed by atoms with Gasteiger partial charge in [-0.2, -0.15) is 0 Å². The van der Waals surface area contributed by atoms with Crippen molar-refractivity contribution in [1.29, 1.82) is 0 Å². The number of urea groups is 1. The molecule has 0 aliphatic carbocycles. The minimum atomic E-state index is -0.502. The smallest absolute Gasteiger partial charge is 0.315 e. The third-order valence-electron chi connectivity index (χ3n) is 4.14. The topological polar surface area (TPSA) is 59.6 Å². The van der Waals surface area contributed by atoms with Crippen LogP contribution in [0.4, 0.5) is 4.79 Å². The fourth-order valence-electron chi connectivity index (χ4n) is 2.62. The predicted octanol–water partition coefficient (Wildman–Crippen LogP) is 4.13. The van der Waals surface area contributed by atoms with Gasteiger partial charge in [0, 0.05) is 11.6 Å². The van der Waals surface area contributed by atoms with Crippen LogP contribution in [0.5, 0.6) is 11.5 Å². The molecule has 0 fully saturated rings. The first-order valence-electron chi connectivity index (χ1n) is 8.38. The number of halogens is 1. The summed E-state index contributed by atoms with van der Waals surface area (Å²) in [6.07, 6.45) is 0.690. The van der Waals surface area contributed by atoms with Gasteiger partial charge in [-0.05, 0) is 55.7 Å². The summed E-state index contributed by atoms with van der Waals surface area (Å²) in [5.74, 6) is 1.37. The molecule has 0 heterocycles. The zero-order chi connectivity index (χ0) is 19.2. The first-order chi connectivity index (χ1) is 12.4. The maximum absolute atomic E-state index is 12.2. The summed E-state index contributed by atoms with van der Waals surface area (Å²) in [7, 11) is 3.21. The Kier molecular flexibility index (Phi) is 6.75. The number of hydrogen-bond donors (Lipinski definition) is 2. The molecule has 2 aromatic carbocycles. The van der Waals surface area contributed by atoms with E-state index in [9.17, 15) is 4.79 Å². The Morgan fingerprint density at radius 1 is 1.04 bits per heavy atom. The van der Waals surface area contributed by atoms with Crippen molar-refractivity contribution < 1.29 is 14.3 Å². The van der Waals surface area contributed by atoms with Crippen LogP contribution in [0, 0.1) is 0 Å². The highest BCUT2D eigenvalue weighted by Crippen LogP contribution is 2.27. The van der Waals surface area contributed by atoms with Crippen LogP contribution in [0.3, 0.4) is 0 Å². The largest absolute Gasteiger partial charge is 0.493 e. The molecule has 0 aliphatic heterocycles. The average Bonchev–Trinajstić information content (AvgIpc) is 2.61. The van der Waals surface area contributed by atoms with E-state index in [2.05, 4.69) is 10.6 Å². The zero-order valence-corrected chi connectivity index (χ0v) is 16.3. The van der Waals surface area contributed by atoms with Crippen molar-refractivity contribution in [2.75, 3.05) is 20.8 Å². The van der Waals surface area contributed by atoms with Gasteiger partial charge in [-0.25, -0.2) is 4.79 Å². The molecule has 26 heavy (non-hydrogen) atoms. The molecular weight excluding hydrogens is 352 g/mol. The highest BCUT2D eigenvalue weighted by molar-refractivity contribution is 6.30. The van der Waals surface area contributed by atoms with Gasteiger partial charge in [0.1, 0.15) is 0 Å². The molecule has 0 radical (unpaired) electrons. The molecule has 6 heteroatoms. The van der Waals surface area contributed by atoms with Crippen molar-refractivity contribution in [3.8, 4) is 11.5 Å². The third-order valence-corrected chi connectivity index (χ3v) is 4.39. The predicted molar refractivity (Wildman–Crippen MR) is 104 cm³/mol.